The van der Waals surface area contributed by atoms with Gasteiger partial charge in [-0.1, -0.05) is 30.3 Å². The number of amides is 1. The summed E-state index contributed by atoms with van der Waals surface area (Å²) in [5, 5.41) is 12.5. The summed E-state index contributed by atoms with van der Waals surface area (Å²) < 4.78 is 0. The molecular formula is C22H25N3O3. The highest BCUT2D eigenvalue weighted by atomic mass is 16.4. The number of benzene rings is 1. The number of pyridine rings is 1. The van der Waals surface area contributed by atoms with Crippen molar-refractivity contribution in [1.29, 1.82) is 0 Å². The molecule has 0 unspecified atom stereocenters. The minimum absolute atomic E-state index is 0.0860. The van der Waals surface area contributed by atoms with Crippen LogP contribution in [0.1, 0.15) is 23.2 Å². The van der Waals surface area contributed by atoms with Crippen LogP contribution in [0.15, 0.2) is 48.7 Å². The van der Waals surface area contributed by atoms with Crippen LogP contribution < -0.4 is 5.32 Å². The maximum atomic E-state index is 12.8. The van der Waals surface area contributed by atoms with Crippen molar-refractivity contribution in [2.24, 2.45) is 11.8 Å². The fourth-order valence-electron chi connectivity index (χ4n) is 4.42. The zero-order valence-electron chi connectivity index (χ0n) is 15.8. The summed E-state index contributed by atoms with van der Waals surface area (Å²) in [5.41, 5.74) is 3.46. The van der Waals surface area contributed by atoms with Crippen LogP contribution in [-0.4, -0.2) is 46.0 Å². The molecule has 6 nitrogen and oxygen atoms in total. The largest absolute Gasteiger partial charge is 0.481 e. The second kappa shape index (κ2) is 8.10. The number of aromatic nitrogens is 1. The van der Waals surface area contributed by atoms with Crippen LogP contribution in [0.2, 0.25) is 0 Å². The zero-order chi connectivity index (χ0) is 19.5. The quantitative estimate of drug-likeness (QED) is 0.829. The average Bonchev–Trinajstić information content (AvgIpc) is 3.17. The number of likely N-dealkylation sites (tertiary alicyclic amines) is 1. The summed E-state index contributed by atoms with van der Waals surface area (Å²) in [6.07, 6.45) is 3.93. The lowest BCUT2D eigenvalue weighted by Crippen LogP contribution is -2.52. The minimum atomic E-state index is -0.817. The fraction of sp³-hybridized carbons (Fsp3) is 0.409. The van der Waals surface area contributed by atoms with Crippen LogP contribution in [0.25, 0.3) is 0 Å². The molecule has 2 aromatic rings. The average molecular weight is 379 g/mol. The Bertz CT molecular complexity index is 830. The number of rotatable bonds is 5. The van der Waals surface area contributed by atoms with Crippen molar-refractivity contribution in [2.45, 2.75) is 31.8 Å². The second-order valence-electron chi connectivity index (χ2n) is 7.79. The van der Waals surface area contributed by atoms with Crippen LogP contribution >= 0.6 is 0 Å². The van der Waals surface area contributed by atoms with E-state index in [0.717, 1.165) is 18.5 Å². The maximum Gasteiger partial charge on any atom is 0.307 e. The molecule has 1 aromatic heterocycles. The van der Waals surface area contributed by atoms with E-state index >= 15 is 0 Å². The molecule has 146 valence electrons. The lowest BCUT2D eigenvalue weighted by Gasteiger charge is -2.39. The molecule has 0 radical (unpaired) electrons. The first-order chi connectivity index (χ1) is 13.6. The van der Waals surface area contributed by atoms with Gasteiger partial charge in [0.2, 0.25) is 5.91 Å². The van der Waals surface area contributed by atoms with Gasteiger partial charge in [0.1, 0.15) is 0 Å². The number of carboxylic acids is 1. The molecule has 28 heavy (non-hydrogen) atoms. The number of hydrogen-bond acceptors (Lipinski definition) is 4. The molecule has 4 rings (SSSR count). The normalized spacial score (nSPS) is 22.6. The predicted molar refractivity (Wildman–Crippen MR) is 105 cm³/mol. The molecule has 1 aliphatic heterocycles. The first-order valence-corrected chi connectivity index (χ1v) is 9.81. The van der Waals surface area contributed by atoms with E-state index in [0.29, 0.717) is 26.1 Å². The third-order valence-corrected chi connectivity index (χ3v) is 5.91. The summed E-state index contributed by atoms with van der Waals surface area (Å²) in [7, 11) is 0. The SMILES string of the molecule is O=C(O)[C@H]1C[C@H](C(=O)NCc2ccccn2)CN(C2Cc3ccccc3C2)C1. The minimum Gasteiger partial charge on any atom is -0.481 e. The Labute approximate surface area is 164 Å². The molecule has 0 spiro atoms. The highest BCUT2D eigenvalue weighted by Gasteiger charge is 2.39. The molecule has 1 saturated heterocycles. The van der Waals surface area contributed by atoms with Crippen LogP contribution in [0.3, 0.4) is 0 Å². The van der Waals surface area contributed by atoms with Gasteiger partial charge < -0.3 is 10.4 Å². The summed E-state index contributed by atoms with van der Waals surface area (Å²) >= 11 is 0. The number of fused-ring (bicyclic) bond motifs is 1. The maximum absolute atomic E-state index is 12.8. The Morgan fingerprint density at radius 1 is 1.04 bits per heavy atom. The monoisotopic (exact) mass is 379 g/mol. The van der Waals surface area contributed by atoms with Crippen molar-refractivity contribution in [3.63, 3.8) is 0 Å². The number of hydrogen-bond donors (Lipinski definition) is 2. The van der Waals surface area contributed by atoms with Gasteiger partial charge in [-0.05, 0) is 42.5 Å². The molecule has 2 N–H and O–H groups in total. The molecule has 2 aliphatic rings. The molecule has 0 saturated carbocycles. The number of nitrogens with zero attached hydrogens (tertiary/aromatic N) is 2. The standard InChI is InChI=1S/C22H25N3O3/c26-21(24-12-19-7-3-4-8-23-19)17-9-18(22(27)28)14-25(13-17)20-10-15-5-1-2-6-16(15)11-20/h1-8,17-18,20H,9-14H2,(H,24,26)(H,27,28)/t17-,18-/m0/s1. The Hall–Kier alpha value is -2.73. The first kappa shape index (κ1) is 18.6. The van der Waals surface area contributed by atoms with Crippen LogP contribution in [-0.2, 0) is 29.0 Å². The van der Waals surface area contributed by atoms with Gasteiger partial charge in [0.05, 0.1) is 24.1 Å². The summed E-state index contributed by atoms with van der Waals surface area (Å²) in [6, 6.07) is 14.2. The zero-order valence-corrected chi connectivity index (χ0v) is 15.8. The highest BCUT2D eigenvalue weighted by Crippen LogP contribution is 2.31. The van der Waals surface area contributed by atoms with Gasteiger partial charge in [-0.15, -0.1) is 0 Å². The van der Waals surface area contributed by atoms with E-state index in [1.54, 1.807) is 6.20 Å². The molecule has 1 aromatic carbocycles. The smallest absolute Gasteiger partial charge is 0.307 e. The number of carboxylic acid groups (broad SMARTS) is 1. The van der Waals surface area contributed by atoms with Crippen molar-refractivity contribution in [2.75, 3.05) is 13.1 Å². The number of carbonyl (C=O) groups is 2. The van der Waals surface area contributed by atoms with E-state index in [1.807, 2.05) is 30.3 Å². The van der Waals surface area contributed by atoms with Gasteiger partial charge in [-0.25, -0.2) is 0 Å². The van der Waals surface area contributed by atoms with Crippen molar-refractivity contribution in [3.8, 4) is 0 Å². The van der Waals surface area contributed by atoms with E-state index in [2.05, 4.69) is 27.3 Å². The van der Waals surface area contributed by atoms with Crippen LogP contribution in [0, 0.1) is 11.8 Å². The molecule has 2 atom stereocenters. The van der Waals surface area contributed by atoms with Gasteiger partial charge in [0.15, 0.2) is 0 Å². The fourth-order valence-corrected chi connectivity index (χ4v) is 4.42. The molecule has 1 fully saturated rings. The number of carbonyl (C=O) groups excluding carboxylic acids is 1. The summed E-state index contributed by atoms with van der Waals surface area (Å²) in [6.45, 7) is 1.48. The van der Waals surface area contributed by atoms with E-state index in [1.165, 1.54) is 11.1 Å². The summed E-state index contributed by atoms with van der Waals surface area (Å²) in [5.74, 6) is -1.73. The molecule has 1 amide bonds. The molecule has 2 heterocycles. The number of aliphatic carboxylic acids is 1. The van der Waals surface area contributed by atoms with Crippen molar-refractivity contribution in [3.05, 3.63) is 65.5 Å². The second-order valence-corrected chi connectivity index (χ2v) is 7.79. The molecule has 6 heteroatoms. The Morgan fingerprint density at radius 3 is 2.36 bits per heavy atom. The third-order valence-electron chi connectivity index (χ3n) is 5.91. The van der Waals surface area contributed by atoms with E-state index in [9.17, 15) is 14.7 Å². The predicted octanol–water partition coefficient (Wildman–Crippen LogP) is 1.89. The van der Waals surface area contributed by atoms with Crippen LogP contribution in [0.4, 0.5) is 0 Å². The van der Waals surface area contributed by atoms with Gasteiger partial charge in [-0.2, -0.15) is 0 Å². The van der Waals surface area contributed by atoms with Gasteiger partial charge in [-0.3, -0.25) is 19.5 Å². The number of piperidine rings is 1. The topological polar surface area (TPSA) is 82.5 Å². The Morgan fingerprint density at radius 2 is 1.71 bits per heavy atom. The molecule has 0 bridgehead atoms. The lowest BCUT2D eigenvalue weighted by atomic mass is 9.87. The van der Waals surface area contributed by atoms with Gasteiger partial charge >= 0.3 is 5.97 Å². The third kappa shape index (κ3) is 4.07. The van der Waals surface area contributed by atoms with E-state index in [-0.39, 0.29) is 17.9 Å². The number of nitrogens with one attached hydrogen (secondary N) is 1. The lowest BCUT2D eigenvalue weighted by molar-refractivity contribution is -0.146. The van der Waals surface area contributed by atoms with Crippen molar-refractivity contribution < 1.29 is 14.7 Å². The summed E-state index contributed by atoms with van der Waals surface area (Å²) in [4.78, 5) is 30.9. The Balaban J connectivity index is 1.42. The first-order valence-electron chi connectivity index (χ1n) is 9.81. The van der Waals surface area contributed by atoms with E-state index < -0.39 is 11.9 Å². The van der Waals surface area contributed by atoms with Crippen molar-refractivity contribution >= 4 is 11.9 Å². The van der Waals surface area contributed by atoms with E-state index in [4.69, 9.17) is 0 Å². The molecular weight excluding hydrogens is 354 g/mol. The van der Waals surface area contributed by atoms with Gasteiger partial charge in [0, 0.05) is 25.3 Å². The van der Waals surface area contributed by atoms with Crippen LogP contribution in [0.5, 0.6) is 0 Å². The van der Waals surface area contributed by atoms with Gasteiger partial charge in [0.25, 0.3) is 0 Å². The Kier molecular flexibility index (Phi) is 5.39. The van der Waals surface area contributed by atoms with Crippen molar-refractivity contribution in [1.82, 2.24) is 15.2 Å². The molecule has 1 aliphatic carbocycles. The highest BCUT2D eigenvalue weighted by molar-refractivity contribution is 5.80.